The molecule has 122 valence electrons. The van der Waals surface area contributed by atoms with E-state index in [-0.39, 0.29) is 18.9 Å². The van der Waals surface area contributed by atoms with Crippen LogP contribution in [0.2, 0.25) is 5.02 Å². The second-order valence-corrected chi connectivity index (χ2v) is 5.05. The Kier molecular flexibility index (Phi) is 6.11. The highest BCUT2D eigenvalue weighted by Gasteiger charge is 2.12. The van der Waals surface area contributed by atoms with Gasteiger partial charge in [0, 0.05) is 12.1 Å². The molecule has 0 saturated carbocycles. The zero-order valence-corrected chi connectivity index (χ0v) is 13.7. The lowest BCUT2D eigenvalue weighted by atomic mass is 10.2. The Balaban J connectivity index is 1.94. The Morgan fingerprint density at radius 2 is 1.78 bits per heavy atom. The van der Waals surface area contributed by atoms with E-state index >= 15 is 0 Å². The number of hydrogen-bond donors (Lipinski definition) is 1. The van der Waals surface area contributed by atoms with E-state index in [1.165, 1.54) is 14.2 Å². The molecule has 0 fully saturated rings. The van der Waals surface area contributed by atoms with Crippen molar-refractivity contribution in [3.8, 4) is 17.2 Å². The second-order valence-electron chi connectivity index (χ2n) is 4.65. The summed E-state index contributed by atoms with van der Waals surface area (Å²) in [5.74, 6) is 1.46. The van der Waals surface area contributed by atoms with Crippen molar-refractivity contribution in [1.29, 1.82) is 0 Å². The molecule has 1 N–H and O–H groups in total. The first-order chi connectivity index (χ1) is 11.1. The molecule has 2 rings (SSSR count). The van der Waals surface area contributed by atoms with Gasteiger partial charge in [-0.1, -0.05) is 29.8 Å². The summed E-state index contributed by atoms with van der Waals surface area (Å²) in [5, 5.41) is 3.18. The minimum Gasteiger partial charge on any atom is -0.495 e. The third-order valence-corrected chi connectivity index (χ3v) is 3.38. The van der Waals surface area contributed by atoms with E-state index in [4.69, 9.17) is 25.8 Å². The first-order valence-electron chi connectivity index (χ1n) is 7.03. The van der Waals surface area contributed by atoms with Crippen molar-refractivity contribution in [2.24, 2.45) is 0 Å². The maximum atomic E-state index is 12.0. The number of methoxy groups -OCH3 is 2. The molecule has 1 amide bonds. The van der Waals surface area contributed by atoms with E-state index in [1.807, 2.05) is 30.3 Å². The van der Waals surface area contributed by atoms with Crippen molar-refractivity contribution < 1.29 is 19.0 Å². The van der Waals surface area contributed by atoms with Crippen LogP contribution in [0.3, 0.4) is 0 Å². The highest BCUT2D eigenvalue weighted by molar-refractivity contribution is 6.32. The van der Waals surface area contributed by atoms with Crippen LogP contribution in [-0.4, -0.2) is 26.7 Å². The first-order valence-corrected chi connectivity index (χ1v) is 7.41. The fourth-order valence-corrected chi connectivity index (χ4v) is 2.18. The first kappa shape index (κ1) is 17.0. The van der Waals surface area contributed by atoms with Gasteiger partial charge < -0.3 is 19.5 Å². The highest BCUT2D eigenvalue weighted by Crippen LogP contribution is 2.35. The molecule has 0 radical (unpaired) electrons. The SMILES string of the molecule is COc1cc(NC(=O)CCOc2ccccc2)c(OC)cc1Cl. The van der Waals surface area contributed by atoms with Gasteiger partial charge in [-0.3, -0.25) is 4.79 Å². The summed E-state index contributed by atoms with van der Waals surface area (Å²) in [6.07, 6.45) is 0.211. The molecule has 0 saturated heterocycles. The molecule has 2 aromatic rings. The third-order valence-electron chi connectivity index (χ3n) is 3.09. The van der Waals surface area contributed by atoms with Gasteiger partial charge in [0.1, 0.15) is 17.2 Å². The van der Waals surface area contributed by atoms with Gasteiger partial charge in [-0.05, 0) is 12.1 Å². The molecule has 0 heterocycles. The van der Waals surface area contributed by atoms with Crippen LogP contribution in [0.1, 0.15) is 6.42 Å². The van der Waals surface area contributed by atoms with Gasteiger partial charge in [0.15, 0.2) is 0 Å². The maximum Gasteiger partial charge on any atom is 0.227 e. The predicted octanol–water partition coefficient (Wildman–Crippen LogP) is 3.76. The molecule has 2 aromatic carbocycles. The van der Waals surface area contributed by atoms with Gasteiger partial charge in [0.25, 0.3) is 0 Å². The van der Waals surface area contributed by atoms with Crippen molar-refractivity contribution >= 4 is 23.2 Å². The molecule has 0 bridgehead atoms. The number of nitrogens with one attached hydrogen (secondary N) is 1. The summed E-state index contributed by atoms with van der Waals surface area (Å²) in [6, 6.07) is 12.5. The van der Waals surface area contributed by atoms with E-state index in [0.717, 1.165) is 5.75 Å². The quantitative estimate of drug-likeness (QED) is 0.837. The minimum atomic E-state index is -0.191. The van der Waals surface area contributed by atoms with Crippen LogP contribution in [-0.2, 0) is 4.79 Å². The molecule has 0 unspecified atom stereocenters. The summed E-state index contributed by atoms with van der Waals surface area (Å²) in [5.41, 5.74) is 0.499. The third kappa shape index (κ3) is 4.79. The summed E-state index contributed by atoms with van der Waals surface area (Å²) >= 11 is 6.03. The largest absolute Gasteiger partial charge is 0.495 e. The zero-order valence-electron chi connectivity index (χ0n) is 13.0. The normalized spacial score (nSPS) is 10.0. The number of amides is 1. The standard InChI is InChI=1S/C17H18ClNO4/c1-21-15-11-14(16(22-2)10-13(15)18)19-17(20)8-9-23-12-6-4-3-5-7-12/h3-7,10-11H,8-9H2,1-2H3,(H,19,20). The van der Waals surface area contributed by atoms with E-state index < -0.39 is 0 Å². The van der Waals surface area contributed by atoms with Gasteiger partial charge in [-0.25, -0.2) is 0 Å². The number of para-hydroxylation sites is 1. The molecule has 23 heavy (non-hydrogen) atoms. The summed E-state index contributed by atoms with van der Waals surface area (Å²) in [7, 11) is 3.01. The van der Waals surface area contributed by atoms with E-state index in [2.05, 4.69) is 5.32 Å². The van der Waals surface area contributed by atoms with Crippen molar-refractivity contribution in [3.05, 3.63) is 47.5 Å². The lowest BCUT2D eigenvalue weighted by Crippen LogP contribution is -2.15. The predicted molar refractivity (Wildman–Crippen MR) is 89.7 cm³/mol. The highest BCUT2D eigenvalue weighted by atomic mass is 35.5. The number of halogens is 1. The van der Waals surface area contributed by atoms with Gasteiger partial charge in [-0.15, -0.1) is 0 Å². The van der Waals surface area contributed by atoms with Gasteiger partial charge >= 0.3 is 0 Å². The Morgan fingerprint density at radius 1 is 1.09 bits per heavy atom. The van der Waals surface area contributed by atoms with Crippen molar-refractivity contribution in [2.45, 2.75) is 6.42 Å². The molecule has 0 atom stereocenters. The number of hydrogen-bond acceptors (Lipinski definition) is 4. The van der Waals surface area contributed by atoms with Crippen LogP contribution in [0.25, 0.3) is 0 Å². The molecule has 6 heteroatoms. The summed E-state index contributed by atoms with van der Waals surface area (Å²) in [4.78, 5) is 12.0. The molecular weight excluding hydrogens is 318 g/mol. The van der Waals surface area contributed by atoms with Crippen LogP contribution in [0.4, 0.5) is 5.69 Å². The number of ether oxygens (including phenoxy) is 3. The average Bonchev–Trinajstić information content (AvgIpc) is 2.57. The Morgan fingerprint density at radius 3 is 2.43 bits per heavy atom. The Bertz CT molecular complexity index is 661. The maximum absolute atomic E-state index is 12.0. The van der Waals surface area contributed by atoms with Crippen LogP contribution < -0.4 is 19.5 Å². The molecule has 0 aliphatic heterocycles. The zero-order chi connectivity index (χ0) is 16.7. The number of carbonyl (C=O) groups is 1. The lowest BCUT2D eigenvalue weighted by Gasteiger charge is -2.13. The molecule has 0 aromatic heterocycles. The monoisotopic (exact) mass is 335 g/mol. The van der Waals surface area contributed by atoms with Crippen molar-refractivity contribution in [3.63, 3.8) is 0 Å². The number of carbonyl (C=O) groups excluding carboxylic acids is 1. The Hall–Kier alpha value is -2.40. The smallest absolute Gasteiger partial charge is 0.227 e. The van der Waals surface area contributed by atoms with Crippen LogP contribution in [0.15, 0.2) is 42.5 Å². The molecule has 0 aliphatic rings. The van der Waals surface area contributed by atoms with Crippen molar-refractivity contribution in [1.82, 2.24) is 0 Å². The number of benzene rings is 2. The summed E-state index contributed by atoms with van der Waals surface area (Å²) in [6.45, 7) is 0.281. The fraction of sp³-hybridized carbons (Fsp3) is 0.235. The van der Waals surface area contributed by atoms with E-state index in [1.54, 1.807) is 12.1 Å². The molecule has 0 aliphatic carbocycles. The van der Waals surface area contributed by atoms with Crippen LogP contribution in [0, 0.1) is 0 Å². The van der Waals surface area contributed by atoms with Gasteiger partial charge in [0.05, 0.1) is 38.0 Å². The topological polar surface area (TPSA) is 56.8 Å². The van der Waals surface area contributed by atoms with Crippen LogP contribution in [0.5, 0.6) is 17.2 Å². The fourth-order valence-electron chi connectivity index (χ4n) is 1.95. The molecular formula is C17H18ClNO4. The second kappa shape index (κ2) is 8.29. The lowest BCUT2D eigenvalue weighted by molar-refractivity contribution is -0.116. The van der Waals surface area contributed by atoms with E-state index in [0.29, 0.717) is 22.2 Å². The average molecular weight is 336 g/mol. The Labute approximate surface area is 140 Å². The van der Waals surface area contributed by atoms with Gasteiger partial charge in [-0.2, -0.15) is 0 Å². The summed E-state index contributed by atoms with van der Waals surface area (Å²) < 4.78 is 15.9. The van der Waals surface area contributed by atoms with Gasteiger partial charge in [0.2, 0.25) is 5.91 Å². The molecule has 5 nitrogen and oxygen atoms in total. The number of anilines is 1. The van der Waals surface area contributed by atoms with Crippen molar-refractivity contribution in [2.75, 3.05) is 26.1 Å². The number of rotatable bonds is 7. The molecule has 0 spiro atoms. The van der Waals surface area contributed by atoms with E-state index in [9.17, 15) is 4.79 Å². The minimum absolute atomic E-state index is 0.191. The van der Waals surface area contributed by atoms with Crippen LogP contribution >= 0.6 is 11.6 Å².